The molecule has 0 aromatic heterocycles. The minimum Gasteiger partial charge on any atom is -0.396 e. The van der Waals surface area contributed by atoms with Crippen LogP contribution in [0.5, 0.6) is 0 Å². The molecule has 2 atom stereocenters. The van der Waals surface area contributed by atoms with Crippen LogP contribution in [0.15, 0.2) is 0 Å². The summed E-state index contributed by atoms with van der Waals surface area (Å²) < 4.78 is 0. The monoisotopic (exact) mass is 308 g/mol. The highest BCUT2D eigenvalue weighted by Crippen LogP contribution is 2.44. The molecule has 1 N–H and O–H groups in total. The van der Waals surface area contributed by atoms with Crippen molar-refractivity contribution < 1.29 is 9.90 Å². The van der Waals surface area contributed by atoms with Crippen molar-refractivity contribution in [3.05, 3.63) is 0 Å². The fraction of sp³-hybridized carbons (Fsp3) is 0.944. The van der Waals surface area contributed by atoms with Gasteiger partial charge in [0.15, 0.2) is 0 Å². The summed E-state index contributed by atoms with van der Waals surface area (Å²) in [6.45, 7) is 8.26. The first-order valence-electron chi connectivity index (χ1n) is 9.17. The second-order valence-corrected chi connectivity index (χ2v) is 8.27. The lowest BCUT2D eigenvalue weighted by molar-refractivity contribution is -0.131. The normalized spacial score (nSPS) is 33.6. The number of fused-ring (bicyclic) bond motifs is 1. The summed E-state index contributed by atoms with van der Waals surface area (Å²) >= 11 is 0. The van der Waals surface area contributed by atoms with E-state index in [2.05, 4.69) is 18.7 Å². The molecule has 0 spiro atoms. The van der Waals surface area contributed by atoms with Gasteiger partial charge in [0.05, 0.1) is 6.61 Å². The third-order valence-electron chi connectivity index (χ3n) is 6.26. The van der Waals surface area contributed by atoms with E-state index in [4.69, 9.17) is 0 Å². The molecule has 2 heterocycles. The van der Waals surface area contributed by atoms with Gasteiger partial charge in [-0.2, -0.15) is 0 Å². The quantitative estimate of drug-likeness (QED) is 0.865. The lowest BCUT2D eigenvalue weighted by Gasteiger charge is -2.44. The number of piperidine rings is 1. The zero-order valence-corrected chi connectivity index (χ0v) is 14.3. The van der Waals surface area contributed by atoms with E-state index in [1.54, 1.807) is 0 Å². The fourth-order valence-corrected chi connectivity index (χ4v) is 4.84. The Hall–Kier alpha value is -0.610. The van der Waals surface area contributed by atoms with Gasteiger partial charge in [0.25, 0.3) is 0 Å². The number of hydrogen-bond acceptors (Lipinski definition) is 3. The zero-order chi connectivity index (χ0) is 15.7. The van der Waals surface area contributed by atoms with Gasteiger partial charge in [0, 0.05) is 37.5 Å². The number of amides is 1. The molecule has 0 radical (unpaired) electrons. The van der Waals surface area contributed by atoms with Gasteiger partial charge >= 0.3 is 0 Å². The van der Waals surface area contributed by atoms with Crippen LogP contribution in [-0.4, -0.2) is 59.6 Å². The Kier molecular flexibility index (Phi) is 4.79. The molecule has 4 nitrogen and oxygen atoms in total. The Bertz CT molecular complexity index is 406. The van der Waals surface area contributed by atoms with E-state index in [0.717, 1.165) is 38.6 Å². The third-order valence-corrected chi connectivity index (χ3v) is 6.26. The molecule has 0 aromatic carbocycles. The molecule has 4 heteroatoms. The SMILES string of the molecule is CC(C)CC(=O)N1C[C@@H]2CN(C3CCCC3)CC[C@]2(CO)C1. The molecular formula is C18H32N2O2. The van der Waals surface area contributed by atoms with Crippen molar-refractivity contribution in [1.29, 1.82) is 0 Å². The topological polar surface area (TPSA) is 43.8 Å². The molecule has 22 heavy (non-hydrogen) atoms. The van der Waals surface area contributed by atoms with Crippen LogP contribution in [0.2, 0.25) is 0 Å². The highest BCUT2D eigenvalue weighted by atomic mass is 16.3. The Balaban J connectivity index is 1.66. The second-order valence-electron chi connectivity index (χ2n) is 8.27. The number of aliphatic hydroxyl groups excluding tert-OH is 1. The zero-order valence-electron chi connectivity index (χ0n) is 14.3. The summed E-state index contributed by atoms with van der Waals surface area (Å²) in [5.41, 5.74) is -0.0260. The van der Waals surface area contributed by atoms with Gasteiger partial charge in [-0.15, -0.1) is 0 Å². The molecule has 3 aliphatic rings. The standard InChI is InChI=1S/C18H32N2O2/c1-14(2)9-17(22)20-11-15-10-19(16-5-3-4-6-16)8-7-18(15,12-20)13-21/h14-16,21H,3-13H2,1-2H3/t15-,18+/m0/s1. The number of aliphatic hydroxyl groups is 1. The molecule has 2 saturated heterocycles. The van der Waals surface area contributed by atoms with Crippen LogP contribution in [-0.2, 0) is 4.79 Å². The van der Waals surface area contributed by atoms with Gasteiger partial charge in [-0.3, -0.25) is 9.69 Å². The van der Waals surface area contributed by atoms with Crippen molar-refractivity contribution in [2.75, 3.05) is 32.8 Å². The molecular weight excluding hydrogens is 276 g/mol. The number of likely N-dealkylation sites (tertiary alicyclic amines) is 2. The maximum Gasteiger partial charge on any atom is 0.222 e. The van der Waals surface area contributed by atoms with Gasteiger partial charge < -0.3 is 10.0 Å². The number of nitrogens with zero attached hydrogens (tertiary/aromatic N) is 2. The summed E-state index contributed by atoms with van der Waals surface area (Å²) in [7, 11) is 0. The number of carbonyl (C=O) groups is 1. The first kappa shape index (κ1) is 16.3. The average Bonchev–Trinajstić information content (AvgIpc) is 3.13. The molecule has 0 unspecified atom stereocenters. The van der Waals surface area contributed by atoms with Crippen molar-refractivity contribution in [3.63, 3.8) is 0 Å². The maximum absolute atomic E-state index is 12.4. The van der Waals surface area contributed by atoms with Crippen LogP contribution in [0.25, 0.3) is 0 Å². The predicted octanol–water partition coefficient (Wildman–Crippen LogP) is 2.12. The molecule has 0 aromatic rings. The molecule has 3 fully saturated rings. The van der Waals surface area contributed by atoms with Crippen molar-refractivity contribution in [2.24, 2.45) is 17.3 Å². The smallest absolute Gasteiger partial charge is 0.222 e. The van der Waals surface area contributed by atoms with E-state index in [1.807, 2.05) is 4.90 Å². The van der Waals surface area contributed by atoms with Gasteiger partial charge in [0.2, 0.25) is 5.91 Å². The van der Waals surface area contributed by atoms with Crippen molar-refractivity contribution in [1.82, 2.24) is 9.80 Å². The van der Waals surface area contributed by atoms with Crippen molar-refractivity contribution in [3.8, 4) is 0 Å². The van der Waals surface area contributed by atoms with E-state index in [-0.39, 0.29) is 17.9 Å². The summed E-state index contributed by atoms with van der Waals surface area (Å²) in [5.74, 6) is 1.16. The van der Waals surface area contributed by atoms with Gasteiger partial charge in [0.1, 0.15) is 0 Å². The summed E-state index contributed by atoms with van der Waals surface area (Å²) in [6, 6.07) is 0.761. The predicted molar refractivity (Wildman–Crippen MR) is 87.5 cm³/mol. The average molecular weight is 308 g/mol. The first-order valence-corrected chi connectivity index (χ1v) is 9.17. The van der Waals surface area contributed by atoms with E-state index in [1.165, 1.54) is 25.7 Å². The Morgan fingerprint density at radius 1 is 1.27 bits per heavy atom. The molecule has 2 aliphatic heterocycles. The van der Waals surface area contributed by atoms with Crippen LogP contribution < -0.4 is 0 Å². The Labute approximate surface area is 134 Å². The molecule has 1 amide bonds. The van der Waals surface area contributed by atoms with E-state index < -0.39 is 0 Å². The van der Waals surface area contributed by atoms with Crippen molar-refractivity contribution in [2.45, 2.75) is 58.4 Å². The molecule has 3 rings (SSSR count). The minimum atomic E-state index is -0.0260. The van der Waals surface area contributed by atoms with E-state index in [0.29, 0.717) is 18.3 Å². The summed E-state index contributed by atoms with van der Waals surface area (Å²) in [4.78, 5) is 17.1. The summed E-state index contributed by atoms with van der Waals surface area (Å²) in [6.07, 6.45) is 7.12. The summed E-state index contributed by atoms with van der Waals surface area (Å²) in [5, 5.41) is 10.0. The van der Waals surface area contributed by atoms with Crippen LogP contribution >= 0.6 is 0 Å². The fourth-order valence-electron chi connectivity index (χ4n) is 4.84. The first-order chi connectivity index (χ1) is 10.5. The molecule has 1 saturated carbocycles. The molecule has 0 bridgehead atoms. The van der Waals surface area contributed by atoms with Crippen LogP contribution in [0.3, 0.4) is 0 Å². The lowest BCUT2D eigenvalue weighted by Crippen LogP contribution is -2.51. The van der Waals surface area contributed by atoms with Crippen molar-refractivity contribution >= 4 is 5.91 Å². The lowest BCUT2D eigenvalue weighted by atomic mass is 9.73. The van der Waals surface area contributed by atoms with Gasteiger partial charge in [-0.25, -0.2) is 0 Å². The highest BCUT2D eigenvalue weighted by molar-refractivity contribution is 5.76. The third kappa shape index (κ3) is 3.05. The molecule has 1 aliphatic carbocycles. The van der Waals surface area contributed by atoms with Crippen LogP contribution in [0.1, 0.15) is 52.4 Å². The largest absolute Gasteiger partial charge is 0.396 e. The number of hydrogen-bond donors (Lipinski definition) is 1. The Morgan fingerprint density at radius 3 is 2.64 bits per heavy atom. The second kappa shape index (κ2) is 6.48. The number of carbonyl (C=O) groups excluding carboxylic acids is 1. The Morgan fingerprint density at radius 2 is 2.00 bits per heavy atom. The van der Waals surface area contributed by atoms with Gasteiger partial charge in [-0.1, -0.05) is 26.7 Å². The van der Waals surface area contributed by atoms with Crippen LogP contribution in [0, 0.1) is 17.3 Å². The maximum atomic E-state index is 12.4. The minimum absolute atomic E-state index is 0.0260. The highest BCUT2D eigenvalue weighted by Gasteiger charge is 2.50. The van der Waals surface area contributed by atoms with Gasteiger partial charge in [-0.05, 0) is 37.6 Å². The van der Waals surface area contributed by atoms with Crippen LogP contribution in [0.4, 0.5) is 0 Å². The van der Waals surface area contributed by atoms with E-state index in [9.17, 15) is 9.90 Å². The molecule has 126 valence electrons. The van der Waals surface area contributed by atoms with E-state index >= 15 is 0 Å². The number of rotatable bonds is 4.